The molecule has 0 saturated heterocycles. The van der Waals surface area contributed by atoms with Crippen LogP contribution < -0.4 is 20.3 Å². The molecule has 1 aliphatic rings. The van der Waals surface area contributed by atoms with Crippen LogP contribution in [-0.4, -0.2) is 24.3 Å². The standard InChI is InChI=1S/C25H19Cl2N3O4/c1-2-34-20-11-9-17(10-12-20)29-23(31)15-5-3-7-18(13-15)28-22-21(27)24(32)30(25(22)33)19-8-4-6-16(26)14-19/h3-14,28H,2H2,1H3,(H,29,31). The first-order valence-corrected chi connectivity index (χ1v) is 11.1. The van der Waals surface area contributed by atoms with Crippen LogP contribution in [0, 0.1) is 0 Å². The number of ether oxygens (including phenoxy) is 1. The number of carbonyl (C=O) groups excluding carboxylic acids is 3. The second-order valence-corrected chi connectivity index (χ2v) is 8.05. The van der Waals surface area contributed by atoms with Crippen molar-refractivity contribution in [3.8, 4) is 5.75 Å². The van der Waals surface area contributed by atoms with E-state index < -0.39 is 11.8 Å². The molecule has 0 spiro atoms. The zero-order chi connectivity index (χ0) is 24.2. The summed E-state index contributed by atoms with van der Waals surface area (Å²) >= 11 is 12.2. The van der Waals surface area contributed by atoms with Crippen LogP contribution in [0.25, 0.3) is 0 Å². The summed E-state index contributed by atoms with van der Waals surface area (Å²) in [6, 6.07) is 19.8. The highest BCUT2D eigenvalue weighted by molar-refractivity contribution is 6.53. The fourth-order valence-corrected chi connectivity index (χ4v) is 3.75. The molecular weight excluding hydrogens is 477 g/mol. The highest BCUT2D eigenvalue weighted by Gasteiger charge is 2.39. The third kappa shape index (κ3) is 4.90. The normalized spacial score (nSPS) is 13.3. The highest BCUT2D eigenvalue weighted by Crippen LogP contribution is 2.31. The molecule has 0 bridgehead atoms. The monoisotopic (exact) mass is 495 g/mol. The van der Waals surface area contributed by atoms with E-state index in [1.165, 1.54) is 6.07 Å². The minimum Gasteiger partial charge on any atom is -0.494 e. The van der Waals surface area contributed by atoms with Crippen LogP contribution in [-0.2, 0) is 9.59 Å². The quantitative estimate of drug-likeness (QED) is 0.426. The third-order valence-corrected chi connectivity index (χ3v) is 5.50. The van der Waals surface area contributed by atoms with Crippen molar-refractivity contribution in [3.63, 3.8) is 0 Å². The summed E-state index contributed by atoms with van der Waals surface area (Å²) in [6.07, 6.45) is 0. The molecule has 34 heavy (non-hydrogen) atoms. The molecule has 3 aromatic rings. The Kier molecular flexibility index (Phi) is 6.86. The second kappa shape index (κ2) is 9.99. The average Bonchev–Trinajstić information content (AvgIpc) is 3.03. The van der Waals surface area contributed by atoms with Crippen LogP contribution in [0.15, 0.2) is 83.5 Å². The number of benzene rings is 3. The molecular formula is C25H19Cl2N3O4. The number of amides is 3. The zero-order valence-electron chi connectivity index (χ0n) is 18.0. The fourth-order valence-electron chi connectivity index (χ4n) is 3.35. The van der Waals surface area contributed by atoms with Gasteiger partial charge in [-0.05, 0) is 67.6 Å². The summed E-state index contributed by atoms with van der Waals surface area (Å²) in [5.41, 5.74) is 1.59. The number of nitrogens with zero attached hydrogens (tertiary/aromatic N) is 1. The second-order valence-electron chi connectivity index (χ2n) is 7.23. The molecule has 3 amide bonds. The highest BCUT2D eigenvalue weighted by atomic mass is 35.5. The molecule has 0 fully saturated rings. The van der Waals surface area contributed by atoms with E-state index in [1.54, 1.807) is 66.7 Å². The van der Waals surface area contributed by atoms with Gasteiger partial charge in [0.05, 0.1) is 12.3 Å². The van der Waals surface area contributed by atoms with E-state index in [4.69, 9.17) is 27.9 Å². The van der Waals surface area contributed by atoms with Gasteiger partial charge in [-0.3, -0.25) is 14.4 Å². The van der Waals surface area contributed by atoms with Crippen molar-refractivity contribution in [1.29, 1.82) is 0 Å². The number of hydrogen-bond acceptors (Lipinski definition) is 5. The molecule has 0 unspecified atom stereocenters. The number of hydrogen-bond donors (Lipinski definition) is 2. The van der Waals surface area contributed by atoms with Crippen molar-refractivity contribution < 1.29 is 19.1 Å². The van der Waals surface area contributed by atoms with Gasteiger partial charge >= 0.3 is 0 Å². The molecule has 3 aromatic carbocycles. The van der Waals surface area contributed by atoms with E-state index >= 15 is 0 Å². The Balaban J connectivity index is 1.50. The van der Waals surface area contributed by atoms with Crippen LogP contribution in [0.5, 0.6) is 5.75 Å². The largest absolute Gasteiger partial charge is 0.494 e. The van der Waals surface area contributed by atoms with Gasteiger partial charge in [0.1, 0.15) is 16.5 Å². The van der Waals surface area contributed by atoms with Crippen molar-refractivity contribution >= 4 is 58.0 Å². The molecule has 0 radical (unpaired) electrons. The van der Waals surface area contributed by atoms with Gasteiger partial charge in [0.15, 0.2) is 0 Å². The summed E-state index contributed by atoms with van der Waals surface area (Å²) in [5.74, 6) is -0.927. The minimum atomic E-state index is -0.666. The SMILES string of the molecule is CCOc1ccc(NC(=O)c2cccc(NC3=C(Cl)C(=O)N(c4cccc(Cl)c4)C3=O)c2)cc1. The Morgan fingerprint density at radius 1 is 0.912 bits per heavy atom. The van der Waals surface area contributed by atoms with Crippen LogP contribution in [0.3, 0.4) is 0 Å². The van der Waals surface area contributed by atoms with Crippen LogP contribution in [0.2, 0.25) is 5.02 Å². The molecule has 0 atom stereocenters. The lowest BCUT2D eigenvalue weighted by atomic mass is 10.1. The topological polar surface area (TPSA) is 87.7 Å². The smallest absolute Gasteiger partial charge is 0.283 e. The van der Waals surface area contributed by atoms with Gasteiger partial charge in [0, 0.05) is 22.0 Å². The van der Waals surface area contributed by atoms with E-state index in [1.807, 2.05) is 6.92 Å². The number of carbonyl (C=O) groups is 3. The van der Waals surface area contributed by atoms with Crippen LogP contribution in [0.4, 0.5) is 17.1 Å². The first-order valence-electron chi connectivity index (χ1n) is 10.3. The molecule has 9 heteroatoms. The Hall–Kier alpha value is -3.81. The molecule has 4 rings (SSSR count). The number of rotatable bonds is 7. The fraction of sp³-hybridized carbons (Fsp3) is 0.0800. The van der Waals surface area contributed by atoms with Crippen LogP contribution >= 0.6 is 23.2 Å². The number of nitrogens with one attached hydrogen (secondary N) is 2. The van der Waals surface area contributed by atoms with Crippen molar-refractivity contribution in [3.05, 3.63) is 94.1 Å². The average molecular weight is 496 g/mol. The molecule has 1 aliphatic heterocycles. The Labute approximate surface area is 205 Å². The minimum absolute atomic E-state index is 0.0873. The maximum atomic E-state index is 12.9. The first kappa shape index (κ1) is 23.4. The number of anilines is 3. The molecule has 0 aliphatic carbocycles. The Morgan fingerprint density at radius 3 is 2.35 bits per heavy atom. The van der Waals surface area contributed by atoms with Crippen molar-refractivity contribution in [2.24, 2.45) is 0 Å². The summed E-state index contributed by atoms with van der Waals surface area (Å²) in [4.78, 5) is 39.2. The van der Waals surface area contributed by atoms with Gasteiger partial charge in [0.2, 0.25) is 0 Å². The van der Waals surface area contributed by atoms with E-state index in [-0.39, 0.29) is 16.6 Å². The summed E-state index contributed by atoms with van der Waals surface area (Å²) < 4.78 is 5.40. The molecule has 7 nitrogen and oxygen atoms in total. The zero-order valence-corrected chi connectivity index (χ0v) is 19.5. The lowest BCUT2D eigenvalue weighted by Crippen LogP contribution is -2.32. The molecule has 0 aromatic heterocycles. The number of halogens is 2. The maximum absolute atomic E-state index is 12.9. The van der Waals surface area contributed by atoms with Crippen molar-refractivity contribution in [1.82, 2.24) is 0 Å². The summed E-state index contributed by atoms with van der Waals surface area (Å²) in [7, 11) is 0. The van der Waals surface area contributed by atoms with E-state index in [0.717, 1.165) is 4.90 Å². The maximum Gasteiger partial charge on any atom is 0.283 e. The van der Waals surface area contributed by atoms with Gasteiger partial charge < -0.3 is 15.4 Å². The lowest BCUT2D eigenvalue weighted by Gasteiger charge is -2.15. The van der Waals surface area contributed by atoms with Crippen LogP contribution in [0.1, 0.15) is 17.3 Å². The number of imide groups is 1. The van der Waals surface area contributed by atoms with Gasteiger partial charge in [-0.1, -0.05) is 35.3 Å². The van der Waals surface area contributed by atoms with E-state index in [0.29, 0.717) is 40.0 Å². The molecule has 0 saturated carbocycles. The Morgan fingerprint density at radius 2 is 1.65 bits per heavy atom. The lowest BCUT2D eigenvalue weighted by molar-refractivity contribution is -0.120. The Bertz CT molecular complexity index is 1310. The summed E-state index contributed by atoms with van der Waals surface area (Å²) in [5, 5.41) is 5.80. The van der Waals surface area contributed by atoms with Gasteiger partial charge in [-0.2, -0.15) is 0 Å². The predicted octanol–water partition coefficient (Wildman–Crippen LogP) is 5.43. The van der Waals surface area contributed by atoms with Gasteiger partial charge in [-0.15, -0.1) is 0 Å². The van der Waals surface area contributed by atoms with Gasteiger partial charge in [-0.25, -0.2) is 4.90 Å². The molecule has 2 N–H and O–H groups in total. The third-order valence-electron chi connectivity index (χ3n) is 4.91. The summed E-state index contributed by atoms with van der Waals surface area (Å²) in [6.45, 7) is 2.45. The van der Waals surface area contributed by atoms with E-state index in [9.17, 15) is 14.4 Å². The predicted molar refractivity (Wildman–Crippen MR) is 132 cm³/mol. The van der Waals surface area contributed by atoms with Crippen molar-refractivity contribution in [2.45, 2.75) is 6.92 Å². The first-order chi connectivity index (χ1) is 16.4. The molecule has 172 valence electrons. The van der Waals surface area contributed by atoms with Gasteiger partial charge in [0.25, 0.3) is 17.7 Å². The molecule has 1 heterocycles. The van der Waals surface area contributed by atoms with E-state index in [2.05, 4.69) is 10.6 Å². The van der Waals surface area contributed by atoms with Crippen molar-refractivity contribution in [2.75, 3.05) is 22.1 Å².